The van der Waals surface area contributed by atoms with Gasteiger partial charge in [0.2, 0.25) is 0 Å². The van der Waals surface area contributed by atoms with Gasteiger partial charge in [0, 0.05) is 0 Å². The van der Waals surface area contributed by atoms with Gasteiger partial charge in [0.05, 0.1) is 24.8 Å². The fraction of sp³-hybridized carbons (Fsp3) is 0.278. The Kier molecular flexibility index (Phi) is 6.78. The van der Waals surface area contributed by atoms with Gasteiger partial charge in [0.25, 0.3) is 11.8 Å². The maximum absolute atomic E-state index is 12.3. The van der Waals surface area contributed by atoms with Gasteiger partial charge in [0.1, 0.15) is 5.00 Å². The van der Waals surface area contributed by atoms with E-state index < -0.39 is 23.9 Å². The van der Waals surface area contributed by atoms with Crippen LogP contribution in [0.25, 0.3) is 0 Å². The predicted molar refractivity (Wildman–Crippen MR) is 101 cm³/mol. The second-order valence-corrected chi connectivity index (χ2v) is 6.28. The Balaban J connectivity index is 2.06. The molecule has 0 unspecified atom stereocenters. The average molecular weight is 392 g/mol. The molecule has 3 N–H and O–H groups in total. The van der Waals surface area contributed by atoms with Crippen molar-refractivity contribution in [3.63, 3.8) is 0 Å². The van der Waals surface area contributed by atoms with Crippen LogP contribution in [0.15, 0.2) is 29.6 Å². The summed E-state index contributed by atoms with van der Waals surface area (Å²) in [5.74, 6) is -1.04. The highest BCUT2D eigenvalue weighted by Crippen LogP contribution is 2.28. The van der Waals surface area contributed by atoms with Crippen LogP contribution >= 0.6 is 11.3 Å². The molecule has 0 saturated heterocycles. The standard InChI is InChI=1S/C18H20N2O6S/c1-4-25-14-9-11(5-6-13(14)24-3)18(23)26-10(2)16(22)20-17-12(15(19)21)7-8-27-17/h5-10H,4H2,1-3H3,(H2,19,21)(H,20,22)/t10-/m0/s1. The molecule has 0 aliphatic carbocycles. The van der Waals surface area contributed by atoms with E-state index in [0.29, 0.717) is 23.1 Å². The van der Waals surface area contributed by atoms with E-state index in [9.17, 15) is 14.4 Å². The summed E-state index contributed by atoms with van der Waals surface area (Å²) < 4.78 is 15.8. The van der Waals surface area contributed by atoms with Gasteiger partial charge in [-0.05, 0) is 43.5 Å². The zero-order valence-corrected chi connectivity index (χ0v) is 15.9. The van der Waals surface area contributed by atoms with Crippen LogP contribution in [0.1, 0.15) is 34.6 Å². The number of carbonyl (C=O) groups is 3. The van der Waals surface area contributed by atoms with Crippen molar-refractivity contribution in [1.82, 2.24) is 0 Å². The molecule has 1 heterocycles. The summed E-state index contributed by atoms with van der Waals surface area (Å²) >= 11 is 1.15. The van der Waals surface area contributed by atoms with E-state index in [1.807, 2.05) is 6.92 Å². The van der Waals surface area contributed by atoms with Gasteiger partial charge in [0.15, 0.2) is 17.6 Å². The molecule has 144 valence electrons. The van der Waals surface area contributed by atoms with Crippen LogP contribution < -0.4 is 20.5 Å². The summed E-state index contributed by atoms with van der Waals surface area (Å²) in [7, 11) is 1.49. The number of carbonyl (C=O) groups excluding carboxylic acids is 3. The Morgan fingerprint density at radius 2 is 1.96 bits per heavy atom. The fourth-order valence-corrected chi connectivity index (χ4v) is 2.96. The molecule has 0 bridgehead atoms. The van der Waals surface area contributed by atoms with Gasteiger partial charge in [-0.3, -0.25) is 9.59 Å². The molecule has 27 heavy (non-hydrogen) atoms. The third kappa shape index (κ3) is 4.98. The van der Waals surface area contributed by atoms with Crippen molar-refractivity contribution in [2.24, 2.45) is 5.73 Å². The maximum atomic E-state index is 12.3. The molecule has 0 radical (unpaired) electrons. The molecule has 0 aliphatic rings. The van der Waals surface area contributed by atoms with Crippen LogP contribution in [0.5, 0.6) is 11.5 Å². The molecule has 2 amide bonds. The SMILES string of the molecule is CCOc1cc(C(=O)O[C@@H](C)C(=O)Nc2sccc2C(N)=O)ccc1OC. The normalized spacial score (nSPS) is 11.4. The zero-order chi connectivity index (χ0) is 20.0. The molecule has 1 aromatic heterocycles. The monoisotopic (exact) mass is 392 g/mol. The number of esters is 1. The Labute approximate surface area is 160 Å². The first-order chi connectivity index (χ1) is 12.9. The van der Waals surface area contributed by atoms with Crippen LogP contribution in [0.2, 0.25) is 0 Å². The maximum Gasteiger partial charge on any atom is 0.339 e. The Morgan fingerprint density at radius 1 is 1.22 bits per heavy atom. The number of hydrogen-bond acceptors (Lipinski definition) is 7. The highest BCUT2D eigenvalue weighted by molar-refractivity contribution is 7.14. The van der Waals surface area contributed by atoms with E-state index in [-0.39, 0.29) is 11.1 Å². The van der Waals surface area contributed by atoms with Crippen LogP contribution in [0.4, 0.5) is 5.00 Å². The molecule has 0 spiro atoms. The van der Waals surface area contributed by atoms with E-state index in [2.05, 4.69) is 5.32 Å². The van der Waals surface area contributed by atoms with Gasteiger partial charge in [-0.25, -0.2) is 4.79 Å². The Bertz CT molecular complexity index is 848. The lowest BCUT2D eigenvalue weighted by Gasteiger charge is -2.14. The number of amides is 2. The molecule has 0 aliphatic heterocycles. The first kappa shape index (κ1) is 20.2. The third-order valence-electron chi connectivity index (χ3n) is 3.52. The average Bonchev–Trinajstić information content (AvgIpc) is 3.10. The smallest absolute Gasteiger partial charge is 0.339 e. The number of hydrogen-bond donors (Lipinski definition) is 2. The summed E-state index contributed by atoms with van der Waals surface area (Å²) in [6.45, 7) is 3.64. The Hall–Kier alpha value is -3.07. The van der Waals surface area contributed by atoms with Crippen LogP contribution in [-0.4, -0.2) is 37.6 Å². The van der Waals surface area contributed by atoms with Gasteiger partial charge < -0.3 is 25.3 Å². The molecule has 0 fully saturated rings. The lowest BCUT2D eigenvalue weighted by Crippen LogP contribution is -2.30. The number of thiophene rings is 1. The minimum atomic E-state index is -1.09. The number of nitrogens with one attached hydrogen (secondary N) is 1. The number of rotatable bonds is 8. The second-order valence-electron chi connectivity index (χ2n) is 5.36. The van der Waals surface area contributed by atoms with E-state index in [1.54, 1.807) is 11.4 Å². The van der Waals surface area contributed by atoms with Crippen molar-refractivity contribution in [3.8, 4) is 11.5 Å². The number of anilines is 1. The number of benzene rings is 1. The summed E-state index contributed by atoms with van der Waals surface area (Å²) in [4.78, 5) is 35.9. The highest BCUT2D eigenvalue weighted by Gasteiger charge is 2.22. The summed E-state index contributed by atoms with van der Waals surface area (Å²) in [5.41, 5.74) is 5.65. The van der Waals surface area contributed by atoms with Crippen LogP contribution in [0, 0.1) is 0 Å². The van der Waals surface area contributed by atoms with Crippen molar-refractivity contribution in [2.45, 2.75) is 20.0 Å². The second kappa shape index (κ2) is 9.04. The molecule has 9 heteroatoms. The van der Waals surface area contributed by atoms with E-state index in [1.165, 1.54) is 32.2 Å². The number of methoxy groups -OCH3 is 1. The lowest BCUT2D eigenvalue weighted by atomic mass is 10.2. The first-order valence-electron chi connectivity index (χ1n) is 8.07. The highest BCUT2D eigenvalue weighted by atomic mass is 32.1. The predicted octanol–water partition coefficient (Wildman–Crippen LogP) is 2.44. The summed E-state index contributed by atoms with van der Waals surface area (Å²) in [5, 5.41) is 4.46. The summed E-state index contributed by atoms with van der Waals surface area (Å²) in [6.07, 6.45) is -1.09. The van der Waals surface area contributed by atoms with Crippen LogP contribution in [-0.2, 0) is 9.53 Å². The number of primary amides is 1. The minimum absolute atomic E-state index is 0.198. The molecular formula is C18H20N2O6S. The largest absolute Gasteiger partial charge is 0.493 e. The van der Waals surface area contributed by atoms with Gasteiger partial charge in [-0.1, -0.05) is 0 Å². The first-order valence-corrected chi connectivity index (χ1v) is 8.95. The van der Waals surface area contributed by atoms with E-state index >= 15 is 0 Å². The zero-order valence-electron chi connectivity index (χ0n) is 15.1. The van der Waals surface area contributed by atoms with Crippen molar-refractivity contribution >= 4 is 34.1 Å². The Morgan fingerprint density at radius 3 is 2.59 bits per heavy atom. The lowest BCUT2D eigenvalue weighted by molar-refractivity contribution is -0.123. The number of ether oxygens (including phenoxy) is 3. The molecule has 8 nitrogen and oxygen atoms in total. The van der Waals surface area contributed by atoms with Crippen LogP contribution in [0.3, 0.4) is 0 Å². The molecule has 1 atom stereocenters. The van der Waals surface area contributed by atoms with Crippen molar-refractivity contribution < 1.29 is 28.6 Å². The molecule has 0 saturated carbocycles. The van der Waals surface area contributed by atoms with Gasteiger partial charge in [-0.2, -0.15) is 0 Å². The summed E-state index contributed by atoms with van der Waals surface area (Å²) in [6, 6.07) is 6.08. The molecule has 1 aromatic carbocycles. The van der Waals surface area contributed by atoms with Crippen molar-refractivity contribution in [1.29, 1.82) is 0 Å². The molecule has 2 aromatic rings. The van der Waals surface area contributed by atoms with Crippen molar-refractivity contribution in [2.75, 3.05) is 19.0 Å². The van der Waals surface area contributed by atoms with Crippen molar-refractivity contribution in [3.05, 3.63) is 40.8 Å². The molecule has 2 rings (SSSR count). The quantitative estimate of drug-likeness (QED) is 0.667. The van der Waals surface area contributed by atoms with Gasteiger partial charge >= 0.3 is 5.97 Å². The van der Waals surface area contributed by atoms with E-state index in [0.717, 1.165) is 11.3 Å². The number of nitrogens with two attached hydrogens (primary N) is 1. The molecular weight excluding hydrogens is 372 g/mol. The minimum Gasteiger partial charge on any atom is -0.493 e. The van der Waals surface area contributed by atoms with E-state index in [4.69, 9.17) is 19.9 Å². The fourth-order valence-electron chi connectivity index (χ4n) is 2.17. The topological polar surface area (TPSA) is 117 Å². The third-order valence-corrected chi connectivity index (χ3v) is 4.35. The van der Waals surface area contributed by atoms with Gasteiger partial charge in [-0.15, -0.1) is 11.3 Å².